The van der Waals surface area contributed by atoms with Gasteiger partial charge in [0.25, 0.3) is 5.91 Å². The van der Waals surface area contributed by atoms with E-state index in [4.69, 9.17) is 0 Å². The molecule has 5 rings (SSSR count). The number of hydrogen-bond donors (Lipinski definition) is 1. The van der Waals surface area contributed by atoms with Crippen LogP contribution in [-0.2, 0) is 5.54 Å². The average molecular weight is 319 g/mol. The first-order chi connectivity index (χ1) is 11.7. The van der Waals surface area contributed by atoms with Crippen LogP contribution in [0.2, 0.25) is 0 Å². The Kier molecular flexibility index (Phi) is 2.83. The maximum atomic E-state index is 12.9. The lowest BCUT2D eigenvalue weighted by atomic mass is 9.94. The molecule has 1 amide bonds. The highest BCUT2D eigenvalue weighted by Crippen LogP contribution is 2.54. The number of carbonyl (C=O) groups excluding carboxylic acids is 1. The number of carbonyl (C=O) groups is 1. The standard InChI is InChI=1S/C20H21N3O/c1-22-19(24)17-3-2-12-23(17)18-13-15(14-6-10-21-11-7-14)4-5-16(18)20(22)8-9-20/h2-6,12-13,21H,7-11H2,1H3. The number of amides is 1. The fraction of sp³-hybridized carbons (Fsp3) is 0.350. The molecule has 1 aromatic heterocycles. The Hall–Kier alpha value is -2.33. The minimum absolute atomic E-state index is 0.105. The van der Waals surface area contributed by atoms with Gasteiger partial charge in [-0.15, -0.1) is 0 Å². The molecule has 4 heteroatoms. The van der Waals surface area contributed by atoms with Gasteiger partial charge in [0, 0.05) is 25.4 Å². The second kappa shape index (κ2) is 4.84. The van der Waals surface area contributed by atoms with Gasteiger partial charge in [-0.05, 0) is 55.1 Å². The van der Waals surface area contributed by atoms with E-state index in [1.165, 1.54) is 22.4 Å². The Morgan fingerprint density at radius 3 is 2.83 bits per heavy atom. The van der Waals surface area contributed by atoms with Crippen LogP contribution in [0.3, 0.4) is 0 Å². The molecule has 0 saturated heterocycles. The molecular weight excluding hydrogens is 298 g/mol. The normalized spacial score (nSPS) is 21.1. The van der Waals surface area contributed by atoms with Crippen molar-refractivity contribution < 1.29 is 4.79 Å². The first-order valence-corrected chi connectivity index (χ1v) is 8.71. The average Bonchev–Trinajstić information content (AvgIpc) is 3.30. The van der Waals surface area contributed by atoms with Gasteiger partial charge in [-0.25, -0.2) is 0 Å². The van der Waals surface area contributed by atoms with Gasteiger partial charge in [0.05, 0.1) is 11.2 Å². The summed E-state index contributed by atoms with van der Waals surface area (Å²) in [6.07, 6.45) is 7.46. The molecule has 0 atom stereocenters. The summed E-state index contributed by atoms with van der Waals surface area (Å²) in [6, 6.07) is 10.7. The molecule has 1 N–H and O–H groups in total. The van der Waals surface area contributed by atoms with Crippen LogP contribution in [0.4, 0.5) is 0 Å². The third kappa shape index (κ3) is 1.80. The molecule has 0 radical (unpaired) electrons. The fourth-order valence-corrected chi connectivity index (χ4v) is 4.24. The molecular formula is C20H21N3O. The van der Waals surface area contributed by atoms with Gasteiger partial charge in [0.15, 0.2) is 0 Å². The van der Waals surface area contributed by atoms with E-state index in [9.17, 15) is 4.79 Å². The highest BCUT2D eigenvalue weighted by Gasteiger charge is 2.53. The van der Waals surface area contributed by atoms with Crippen molar-refractivity contribution in [2.45, 2.75) is 24.8 Å². The van der Waals surface area contributed by atoms with Gasteiger partial charge in [-0.2, -0.15) is 0 Å². The Balaban J connectivity index is 1.73. The summed E-state index contributed by atoms with van der Waals surface area (Å²) in [4.78, 5) is 14.8. The number of nitrogens with zero attached hydrogens (tertiary/aromatic N) is 2. The van der Waals surface area contributed by atoms with Crippen molar-refractivity contribution in [3.63, 3.8) is 0 Å². The highest BCUT2D eigenvalue weighted by atomic mass is 16.2. The van der Waals surface area contributed by atoms with E-state index in [-0.39, 0.29) is 11.4 Å². The molecule has 2 aliphatic heterocycles. The summed E-state index contributed by atoms with van der Waals surface area (Å²) < 4.78 is 2.08. The van der Waals surface area contributed by atoms with Gasteiger partial charge in [-0.3, -0.25) is 4.79 Å². The summed E-state index contributed by atoms with van der Waals surface area (Å²) in [5.41, 5.74) is 5.79. The van der Waals surface area contributed by atoms with E-state index in [1.807, 2.05) is 30.3 Å². The molecule has 1 fully saturated rings. The van der Waals surface area contributed by atoms with Crippen molar-refractivity contribution in [2.75, 3.05) is 20.1 Å². The minimum Gasteiger partial charge on any atom is -0.331 e. The first-order valence-electron chi connectivity index (χ1n) is 8.71. The quantitative estimate of drug-likeness (QED) is 0.877. The maximum absolute atomic E-state index is 12.9. The molecule has 4 nitrogen and oxygen atoms in total. The summed E-state index contributed by atoms with van der Waals surface area (Å²) in [6.45, 7) is 1.97. The van der Waals surface area contributed by atoms with Gasteiger partial charge in [-0.1, -0.05) is 18.2 Å². The Morgan fingerprint density at radius 1 is 1.21 bits per heavy atom. The van der Waals surface area contributed by atoms with Crippen LogP contribution >= 0.6 is 0 Å². The number of rotatable bonds is 1. The Morgan fingerprint density at radius 2 is 2.08 bits per heavy atom. The van der Waals surface area contributed by atoms with Crippen molar-refractivity contribution in [1.82, 2.24) is 14.8 Å². The molecule has 2 aromatic rings. The minimum atomic E-state index is -0.105. The molecule has 0 unspecified atom stereocenters. The van der Waals surface area contributed by atoms with Gasteiger partial charge in [0.2, 0.25) is 0 Å². The molecule has 1 saturated carbocycles. The molecule has 3 heterocycles. The first kappa shape index (κ1) is 14.1. The fourth-order valence-electron chi connectivity index (χ4n) is 4.24. The number of nitrogens with one attached hydrogen (secondary N) is 1. The van der Waals surface area contributed by atoms with Crippen LogP contribution in [0.25, 0.3) is 11.3 Å². The van der Waals surface area contributed by atoms with E-state index >= 15 is 0 Å². The lowest BCUT2D eigenvalue weighted by Gasteiger charge is -2.27. The maximum Gasteiger partial charge on any atom is 0.271 e. The molecule has 1 aromatic carbocycles. The molecule has 1 aliphatic carbocycles. The molecule has 1 spiro atoms. The third-order valence-corrected chi connectivity index (χ3v) is 5.83. The van der Waals surface area contributed by atoms with Crippen molar-refractivity contribution in [3.05, 3.63) is 59.4 Å². The number of fused-ring (bicyclic) bond motifs is 4. The molecule has 24 heavy (non-hydrogen) atoms. The predicted octanol–water partition coefficient (Wildman–Crippen LogP) is 2.93. The second-order valence-corrected chi connectivity index (χ2v) is 7.07. The third-order valence-electron chi connectivity index (χ3n) is 5.83. The summed E-state index contributed by atoms with van der Waals surface area (Å²) in [7, 11) is 1.95. The predicted molar refractivity (Wildman–Crippen MR) is 94.2 cm³/mol. The Bertz CT molecular complexity index is 873. The number of benzene rings is 1. The van der Waals surface area contributed by atoms with Gasteiger partial charge in [0.1, 0.15) is 5.69 Å². The van der Waals surface area contributed by atoms with Crippen LogP contribution in [0.5, 0.6) is 0 Å². The van der Waals surface area contributed by atoms with Crippen LogP contribution < -0.4 is 5.32 Å². The van der Waals surface area contributed by atoms with Crippen LogP contribution in [0.15, 0.2) is 42.6 Å². The van der Waals surface area contributed by atoms with Crippen LogP contribution in [-0.4, -0.2) is 35.5 Å². The summed E-state index contributed by atoms with van der Waals surface area (Å²) in [5, 5.41) is 3.37. The molecule has 122 valence electrons. The molecule has 0 bridgehead atoms. The van der Waals surface area contributed by atoms with E-state index in [0.29, 0.717) is 0 Å². The lowest BCUT2D eigenvalue weighted by molar-refractivity contribution is 0.0705. The number of hydrogen-bond acceptors (Lipinski definition) is 2. The van der Waals surface area contributed by atoms with Crippen molar-refractivity contribution in [3.8, 4) is 5.69 Å². The SMILES string of the molecule is CN1C(=O)c2cccn2-c2cc(C3=CCNCC3)ccc2C12CC2. The van der Waals surface area contributed by atoms with E-state index in [1.54, 1.807) is 0 Å². The van der Waals surface area contributed by atoms with Crippen LogP contribution in [0.1, 0.15) is 40.9 Å². The van der Waals surface area contributed by atoms with Crippen molar-refractivity contribution in [1.29, 1.82) is 0 Å². The smallest absolute Gasteiger partial charge is 0.271 e. The van der Waals surface area contributed by atoms with E-state index in [2.05, 4.69) is 34.2 Å². The monoisotopic (exact) mass is 319 g/mol. The largest absolute Gasteiger partial charge is 0.331 e. The summed E-state index contributed by atoms with van der Waals surface area (Å²) >= 11 is 0. The molecule has 3 aliphatic rings. The highest BCUT2D eigenvalue weighted by molar-refractivity contribution is 5.95. The van der Waals surface area contributed by atoms with Crippen molar-refractivity contribution in [2.24, 2.45) is 0 Å². The topological polar surface area (TPSA) is 37.3 Å². The second-order valence-electron chi connectivity index (χ2n) is 7.07. The Labute approximate surface area is 141 Å². The number of aromatic nitrogens is 1. The van der Waals surface area contributed by atoms with Crippen molar-refractivity contribution >= 4 is 11.5 Å². The van der Waals surface area contributed by atoms with E-state index in [0.717, 1.165) is 38.0 Å². The van der Waals surface area contributed by atoms with Gasteiger partial charge >= 0.3 is 0 Å². The zero-order chi connectivity index (χ0) is 16.3. The van der Waals surface area contributed by atoms with Gasteiger partial charge < -0.3 is 14.8 Å². The zero-order valence-electron chi connectivity index (χ0n) is 13.9. The van der Waals surface area contributed by atoms with Crippen LogP contribution in [0, 0.1) is 0 Å². The summed E-state index contributed by atoms with van der Waals surface area (Å²) in [5.74, 6) is 0.122. The van der Waals surface area contributed by atoms with E-state index < -0.39 is 0 Å². The lowest BCUT2D eigenvalue weighted by Crippen LogP contribution is -2.36. The zero-order valence-corrected chi connectivity index (χ0v) is 13.9.